The molecule has 1 aromatic rings. The molecule has 1 aliphatic rings. The molecule has 0 unspecified atom stereocenters. The lowest BCUT2D eigenvalue weighted by atomic mass is 9.77. The first kappa shape index (κ1) is 17.5. The van der Waals surface area contributed by atoms with Gasteiger partial charge >= 0.3 is 0 Å². The summed E-state index contributed by atoms with van der Waals surface area (Å²) in [7, 11) is -1.71. The number of aromatic nitrogens is 1. The minimum absolute atomic E-state index is 0.263. The van der Waals surface area contributed by atoms with Crippen LogP contribution in [0, 0.1) is 5.92 Å². The minimum atomic E-state index is -1.71. The van der Waals surface area contributed by atoms with Crippen molar-refractivity contribution >= 4 is 14.0 Å². The minimum Gasteiger partial charge on any atom is -0.414 e. The van der Waals surface area contributed by atoms with Gasteiger partial charge in [0.15, 0.2) is 8.32 Å². The van der Waals surface area contributed by atoms with Crippen molar-refractivity contribution in [3.05, 3.63) is 24.0 Å². The van der Waals surface area contributed by atoms with E-state index in [0.29, 0.717) is 17.9 Å². The molecule has 1 fully saturated rings. The maximum atomic E-state index is 6.69. The number of nitrogens with two attached hydrogens (primary N) is 1. The maximum absolute atomic E-state index is 6.69. The van der Waals surface area contributed by atoms with Crippen molar-refractivity contribution in [2.24, 2.45) is 5.92 Å². The van der Waals surface area contributed by atoms with E-state index in [1.165, 1.54) is 18.4 Å². The van der Waals surface area contributed by atoms with Gasteiger partial charge in [-0.2, -0.15) is 0 Å². The van der Waals surface area contributed by atoms with E-state index < -0.39 is 8.32 Å². The predicted octanol–water partition coefficient (Wildman–Crippen LogP) is 4.96. The fraction of sp³-hybridized carbons (Fsp3) is 0.722. The molecular weight excluding hydrogens is 288 g/mol. The van der Waals surface area contributed by atoms with E-state index in [1.807, 2.05) is 6.20 Å². The van der Waals surface area contributed by atoms with E-state index >= 15 is 0 Å². The van der Waals surface area contributed by atoms with Gasteiger partial charge in [-0.1, -0.05) is 27.7 Å². The molecule has 0 amide bonds. The number of rotatable bonds is 3. The molecule has 0 radical (unpaired) electrons. The number of anilines is 1. The molecule has 3 nitrogen and oxygen atoms in total. The molecule has 1 heterocycles. The van der Waals surface area contributed by atoms with E-state index in [9.17, 15) is 0 Å². The Morgan fingerprint density at radius 3 is 2.50 bits per heavy atom. The van der Waals surface area contributed by atoms with Gasteiger partial charge in [0.1, 0.15) is 0 Å². The normalized spacial score (nSPS) is 26.9. The SMILES string of the molecule is C[C@@H]1C[C@@H](O[Si](C)(C)C(C)(C)C)C[C@H](c2ccncc2N)C1. The fourth-order valence-electron chi connectivity index (χ4n) is 3.27. The Morgan fingerprint density at radius 1 is 1.23 bits per heavy atom. The lowest BCUT2D eigenvalue weighted by Gasteiger charge is -2.43. The Balaban J connectivity index is 2.14. The van der Waals surface area contributed by atoms with Gasteiger partial charge in [0.25, 0.3) is 0 Å². The van der Waals surface area contributed by atoms with Crippen molar-refractivity contribution in [3.8, 4) is 0 Å². The third-order valence-electron chi connectivity index (χ3n) is 5.49. The Hall–Kier alpha value is -0.873. The molecule has 4 heteroatoms. The monoisotopic (exact) mass is 320 g/mol. The lowest BCUT2D eigenvalue weighted by Crippen LogP contribution is -2.45. The van der Waals surface area contributed by atoms with Gasteiger partial charge < -0.3 is 10.2 Å². The van der Waals surface area contributed by atoms with Crippen LogP contribution in [0.2, 0.25) is 18.1 Å². The Bertz CT molecular complexity index is 510. The molecule has 0 bridgehead atoms. The molecule has 2 rings (SSSR count). The highest BCUT2D eigenvalue weighted by Gasteiger charge is 2.41. The summed E-state index contributed by atoms with van der Waals surface area (Å²) in [6.07, 6.45) is 7.46. The summed E-state index contributed by atoms with van der Waals surface area (Å²) in [4.78, 5) is 4.12. The van der Waals surface area contributed by atoms with Gasteiger partial charge in [-0.15, -0.1) is 0 Å². The van der Waals surface area contributed by atoms with Crippen LogP contribution in [-0.4, -0.2) is 19.4 Å². The zero-order valence-corrected chi connectivity index (χ0v) is 16.0. The number of nitrogens with zero attached hydrogens (tertiary/aromatic N) is 1. The van der Waals surface area contributed by atoms with E-state index in [0.717, 1.165) is 12.1 Å². The van der Waals surface area contributed by atoms with Crippen LogP contribution in [0.1, 0.15) is 58.4 Å². The predicted molar refractivity (Wildman–Crippen MR) is 96.5 cm³/mol. The van der Waals surface area contributed by atoms with Crippen LogP contribution in [0.15, 0.2) is 18.5 Å². The van der Waals surface area contributed by atoms with Crippen molar-refractivity contribution in [2.45, 2.75) is 77.1 Å². The van der Waals surface area contributed by atoms with Crippen LogP contribution in [-0.2, 0) is 4.43 Å². The zero-order chi connectivity index (χ0) is 16.5. The molecule has 1 aliphatic carbocycles. The second-order valence-corrected chi connectivity index (χ2v) is 13.3. The van der Waals surface area contributed by atoms with E-state index in [2.05, 4.69) is 51.8 Å². The van der Waals surface area contributed by atoms with Gasteiger partial charge in [-0.3, -0.25) is 4.98 Å². The van der Waals surface area contributed by atoms with Gasteiger partial charge in [0, 0.05) is 12.3 Å². The summed E-state index contributed by atoms with van der Waals surface area (Å²) in [6.45, 7) is 14.0. The largest absolute Gasteiger partial charge is 0.414 e. The highest BCUT2D eigenvalue weighted by atomic mass is 28.4. The van der Waals surface area contributed by atoms with Crippen LogP contribution in [0.5, 0.6) is 0 Å². The standard InChI is InChI=1S/C18H32N2OSi/c1-13-9-14(16-7-8-20-12-17(16)19)11-15(10-13)21-22(5,6)18(2,3)4/h7-8,12-15H,9-11,19H2,1-6H3/t13-,14+,15+/m0/s1. The summed E-state index contributed by atoms with van der Waals surface area (Å²) in [6, 6.07) is 2.08. The quantitative estimate of drug-likeness (QED) is 0.801. The van der Waals surface area contributed by atoms with E-state index in [4.69, 9.17) is 10.2 Å². The number of hydrogen-bond donors (Lipinski definition) is 1. The molecule has 1 aromatic heterocycles. The summed E-state index contributed by atoms with van der Waals surface area (Å²) >= 11 is 0. The van der Waals surface area contributed by atoms with Crippen LogP contribution in [0.25, 0.3) is 0 Å². The van der Waals surface area contributed by atoms with E-state index in [1.54, 1.807) is 6.20 Å². The van der Waals surface area contributed by atoms with Crippen molar-refractivity contribution in [3.63, 3.8) is 0 Å². The lowest BCUT2D eigenvalue weighted by molar-refractivity contribution is 0.103. The van der Waals surface area contributed by atoms with Crippen LogP contribution < -0.4 is 5.73 Å². The van der Waals surface area contributed by atoms with Crippen LogP contribution in [0.3, 0.4) is 0 Å². The summed E-state index contributed by atoms with van der Waals surface area (Å²) < 4.78 is 6.69. The highest BCUT2D eigenvalue weighted by molar-refractivity contribution is 6.74. The topological polar surface area (TPSA) is 48.1 Å². The third kappa shape index (κ3) is 3.90. The summed E-state index contributed by atoms with van der Waals surface area (Å²) in [5.74, 6) is 1.18. The molecule has 3 atom stereocenters. The smallest absolute Gasteiger partial charge is 0.192 e. The number of nitrogen functional groups attached to an aromatic ring is 1. The average Bonchev–Trinajstić information content (AvgIpc) is 2.36. The van der Waals surface area contributed by atoms with Crippen molar-refractivity contribution < 1.29 is 4.43 Å². The number of pyridine rings is 1. The second kappa shape index (κ2) is 6.32. The molecule has 0 spiro atoms. The maximum Gasteiger partial charge on any atom is 0.192 e. The van der Waals surface area contributed by atoms with Crippen molar-refractivity contribution in [2.75, 3.05) is 5.73 Å². The Labute approximate surface area is 136 Å². The molecule has 0 saturated heterocycles. The van der Waals surface area contributed by atoms with Crippen LogP contribution in [0.4, 0.5) is 5.69 Å². The summed E-state index contributed by atoms with van der Waals surface area (Å²) in [5, 5.41) is 0.263. The zero-order valence-electron chi connectivity index (χ0n) is 15.0. The number of hydrogen-bond acceptors (Lipinski definition) is 3. The third-order valence-corrected chi connectivity index (χ3v) is 10.0. The van der Waals surface area contributed by atoms with Gasteiger partial charge in [0.2, 0.25) is 0 Å². The Morgan fingerprint density at radius 2 is 1.91 bits per heavy atom. The molecule has 0 aliphatic heterocycles. The second-order valence-electron chi connectivity index (χ2n) is 8.51. The first-order valence-electron chi connectivity index (χ1n) is 8.47. The first-order chi connectivity index (χ1) is 10.1. The Kier molecular flexibility index (Phi) is 5.02. The molecule has 22 heavy (non-hydrogen) atoms. The molecule has 1 saturated carbocycles. The van der Waals surface area contributed by atoms with Gasteiger partial charge in [0.05, 0.1) is 11.9 Å². The fourth-order valence-corrected chi connectivity index (χ4v) is 4.65. The van der Waals surface area contributed by atoms with Crippen molar-refractivity contribution in [1.82, 2.24) is 4.98 Å². The average molecular weight is 321 g/mol. The van der Waals surface area contributed by atoms with Gasteiger partial charge in [-0.25, -0.2) is 0 Å². The molecule has 0 aromatic carbocycles. The molecule has 124 valence electrons. The molecule has 2 N–H and O–H groups in total. The first-order valence-corrected chi connectivity index (χ1v) is 11.4. The van der Waals surface area contributed by atoms with Gasteiger partial charge in [-0.05, 0) is 60.9 Å². The van der Waals surface area contributed by atoms with Crippen molar-refractivity contribution in [1.29, 1.82) is 0 Å². The summed E-state index contributed by atoms with van der Waals surface area (Å²) in [5.41, 5.74) is 8.23. The van der Waals surface area contributed by atoms with E-state index in [-0.39, 0.29) is 5.04 Å². The van der Waals surface area contributed by atoms with Crippen LogP contribution >= 0.6 is 0 Å². The highest BCUT2D eigenvalue weighted by Crippen LogP contribution is 2.43. The molecular formula is C18H32N2OSi.